The van der Waals surface area contributed by atoms with Crippen LogP contribution in [0.25, 0.3) is 0 Å². The number of nitrogens with one attached hydrogen (secondary N) is 2. The van der Waals surface area contributed by atoms with Crippen LogP contribution in [0, 0.1) is 0 Å². The highest BCUT2D eigenvalue weighted by Crippen LogP contribution is 2.31. The maximum atomic E-state index is 14.5. The average molecular weight is 871 g/mol. The first-order chi connectivity index (χ1) is 31.8. The highest BCUT2D eigenvalue weighted by molar-refractivity contribution is 5.90. The molecule has 0 aliphatic rings. The Kier molecular flexibility index (Phi) is 16.2. The first-order valence-electron chi connectivity index (χ1n) is 21.3. The van der Waals surface area contributed by atoms with Gasteiger partial charge in [0.15, 0.2) is 23.0 Å². The van der Waals surface area contributed by atoms with Gasteiger partial charge in [-0.15, -0.1) is 0 Å². The average Bonchev–Trinajstić information content (AvgIpc) is 3.35. The number of esters is 1. The fourth-order valence-electron chi connectivity index (χ4n) is 6.80. The molecule has 3 N–H and O–H groups in total. The summed E-state index contributed by atoms with van der Waals surface area (Å²) in [4.78, 5) is 41.9. The normalized spacial score (nSPS) is 11.6. The Morgan fingerprint density at radius 1 is 0.400 bits per heavy atom. The zero-order valence-corrected chi connectivity index (χ0v) is 35.7. The highest BCUT2D eigenvalue weighted by atomic mass is 16.6. The first kappa shape index (κ1) is 45.0. The van der Waals surface area contributed by atoms with E-state index in [1.165, 1.54) is 6.07 Å². The SMILES string of the molecule is O=C(N[C@@H](Cc1ccc(O)c(OCc2ccccc2)c1)C(=O)N[C@@H](Cc1ccc(OCc2ccccc2)c(OCc2ccccc2)c1)C(=O)OCc1ccccc1)OCc1ccccc1. The van der Waals surface area contributed by atoms with Gasteiger partial charge in [0.2, 0.25) is 5.91 Å². The van der Waals surface area contributed by atoms with Crippen LogP contribution in [0.15, 0.2) is 188 Å². The predicted octanol–water partition coefficient (Wildman–Crippen LogP) is 9.44. The van der Waals surface area contributed by atoms with Crippen molar-refractivity contribution in [2.45, 2.75) is 58.0 Å². The lowest BCUT2D eigenvalue weighted by atomic mass is 10.0. The summed E-state index contributed by atoms with van der Waals surface area (Å²) in [6.07, 6.45) is -0.893. The lowest BCUT2D eigenvalue weighted by molar-refractivity contribution is -0.149. The Labute approximate surface area is 378 Å². The first-order valence-corrected chi connectivity index (χ1v) is 21.3. The number of alkyl carbamates (subject to hydrolysis) is 1. The van der Waals surface area contributed by atoms with Gasteiger partial charge in [0.1, 0.15) is 45.1 Å². The molecule has 11 heteroatoms. The molecule has 0 aliphatic carbocycles. The number of ether oxygens (including phenoxy) is 5. The van der Waals surface area contributed by atoms with Crippen molar-refractivity contribution in [2.75, 3.05) is 0 Å². The van der Waals surface area contributed by atoms with E-state index in [1.54, 1.807) is 24.3 Å². The summed E-state index contributed by atoms with van der Waals surface area (Å²) in [6, 6.07) is 55.0. The Bertz CT molecular complexity index is 2580. The van der Waals surface area contributed by atoms with E-state index in [4.69, 9.17) is 23.7 Å². The molecule has 0 bridgehead atoms. The number of carbonyl (C=O) groups excluding carboxylic acids is 3. The van der Waals surface area contributed by atoms with Gasteiger partial charge in [0, 0.05) is 12.8 Å². The Balaban J connectivity index is 1.14. The maximum Gasteiger partial charge on any atom is 0.408 e. The lowest BCUT2D eigenvalue weighted by Gasteiger charge is -2.23. The summed E-state index contributed by atoms with van der Waals surface area (Å²) in [5.41, 5.74) is 5.55. The third kappa shape index (κ3) is 14.2. The summed E-state index contributed by atoms with van der Waals surface area (Å²) in [5.74, 6) is -0.313. The minimum atomic E-state index is -1.24. The molecule has 0 spiro atoms. The summed E-state index contributed by atoms with van der Waals surface area (Å²) in [5, 5.41) is 16.3. The monoisotopic (exact) mass is 870 g/mol. The van der Waals surface area contributed by atoms with Crippen molar-refractivity contribution in [3.05, 3.63) is 227 Å². The van der Waals surface area contributed by atoms with Crippen LogP contribution in [0.1, 0.15) is 38.9 Å². The molecule has 2 amide bonds. The summed E-state index contributed by atoms with van der Waals surface area (Å²) in [6.45, 7) is 0.686. The highest BCUT2D eigenvalue weighted by Gasteiger charge is 2.30. The topological polar surface area (TPSA) is 142 Å². The second kappa shape index (κ2) is 23.4. The molecule has 65 heavy (non-hydrogen) atoms. The van der Waals surface area contributed by atoms with Crippen LogP contribution >= 0.6 is 0 Å². The van der Waals surface area contributed by atoms with E-state index >= 15 is 0 Å². The number of phenols is 1. The quantitative estimate of drug-likeness (QED) is 0.0603. The van der Waals surface area contributed by atoms with E-state index in [0.717, 1.165) is 27.8 Å². The van der Waals surface area contributed by atoms with Crippen LogP contribution < -0.4 is 24.8 Å². The molecular weight excluding hydrogens is 821 g/mol. The Hall–Kier alpha value is -8.05. The van der Waals surface area contributed by atoms with Crippen LogP contribution in [-0.4, -0.2) is 35.2 Å². The minimum absolute atomic E-state index is 0.00187. The summed E-state index contributed by atoms with van der Waals surface area (Å²) >= 11 is 0. The molecule has 0 heterocycles. The molecule has 0 saturated carbocycles. The standard InChI is InChI=1S/C54H50N2O9/c57-48-28-26-44(32-50(48)62-35-40-18-8-2-9-19-40)30-46(56-54(60)65-38-43-24-14-5-15-25-43)52(58)55-47(53(59)64-37-42-22-12-4-13-23-42)31-45-27-29-49(61-34-39-16-6-1-7-17-39)51(33-45)63-36-41-20-10-3-11-21-41/h1-29,32-33,46-47,57H,30-31,34-38H2,(H,55,58)(H,56,60)/t46-,47-/m0/s1. The van der Waals surface area contributed by atoms with Gasteiger partial charge in [0.05, 0.1) is 0 Å². The Morgan fingerprint density at radius 3 is 1.31 bits per heavy atom. The van der Waals surface area contributed by atoms with Gasteiger partial charge in [-0.25, -0.2) is 9.59 Å². The number of hydrogen-bond acceptors (Lipinski definition) is 9. The van der Waals surface area contributed by atoms with E-state index in [9.17, 15) is 19.5 Å². The molecule has 0 aliphatic heterocycles. The molecule has 0 radical (unpaired) electrons. The summed E-state index contributed by atoms with van der Waals surface area (Å²) in [7, 11) is 0. The largest absolute Gasteiger partial charge is 0.504 e. The third-order valence-corrected chi connectivity index (χ3v) is 10.3. The lowest BCUT2D eigenvalue weighted by Crippen LogP contribution is -2.53. The zero-order chi connectivity index (χ0) is 45.1. The molecule has 7 rings (SSSR count). The molecule has 0 unspecified atom stereocenters. The predicted molar refractivity (Wildman–Crippen MR) is 246 cm³/mol. The van der Waals surface area contributed by atoms with Gasteiger partial charge >= 0.3 is 12.1 Å². The smallest absolute Gasteiger partial charge is 0.408 e. The van der Waals surface area contributed by atoms with Gasteiger partial charge < -0.3 is 39.4 Å². The van der Waals surface area contributed by atoms with Crippen molar-refractivity contribution in [3.63, 3.8) is 0 Å². The van der Waals surface area contributed by atoms with Gasteiger partial charge in [-0.3, -0.25) is 4.79 Å². The van der Waals surface area contributed by atoms with Crippen molar-refractivity contribution in [1.29, 1.82) is 0 Å². The summed E-state index contributed by atoms with van der Waals surface area (Å²) < 4.78 is 29.8. The van der Waals surface area contributed by atoms with Crippen molar-refractivity contribution in [3.8, 4) is 23.0 Å². The van der Waals surface area contributed by atoms with Crippen LogP contribution in [0.5, 0.6) is 23.0 Å². The molecule has 0 fully saturated rings. The van der Waals surface area contributed by atoms with Gasteiger partial charge in [-0.2, -0.15) is 0 Å². The van der Waals surface area contributed by atoms with Crippen molar-refractivity contribution in [2.24, 2.45) is 0 Å². The second-order valence-corrected chi connectivity index (χ2v) is 15.2. The minimum Gasteiger partial charge on any atom is -0.504 e. The van der Waals surface area contributed by atoms with Gasteiger partial charge in [-0.05, 0) is 63.2 Å². The van der Waals surface area contributed by atoms with Crippen molar-refractivity contribution >= 4 is 18.0 Å². The molecule has 7 aromatic rings. The molecule has 2 atom stereocenters. The van der Waals surface area contributed by atoms with Crippen molar-refractivity contribution in [1.82, 2.24) is 10.6 Å². The number of phenolic OH excluding ortho intramolecular Hbond substituents is 1. The number of hydrogen-bond donors (Lipinski definition) is 3. The van der Waals surface area contributed by atoms with Gasteiger partial charge in [-0.1, -0.05) is 164 Å². The fraction of sp³-hybridized carbons (Fsp3) is 0.167. The van der Waals surface area contributed by atoms with Crippen molar-refractivity contribution < 1.29 is 43.2 Å². The van der Waals surface area contributed by atoms with E-state index in [2.05, 4.69) is 10.6 Å². The number of rotatable bonds is 21. The second-order valence-electron chi connectivity index (χ2n) is 15.2. The van der Waals surface area contributed by atoms with Gasteiger partial charge in [0.25, 0.3) is 0 Å². The van der Waals surface area contributed by atoms with E-state index in [-0.39, 0.29) is 50.8 Å². The molecule has 7 aromatic carbocycles. The third-order valence-electron chi connectivity index (χ3n) is 10.3. The number of amides is 2. The van der Waals surface area contributed by atoms with Crippen LogP contribution in [0.3, 0.4) is 0 Å². The maximum absolute atomic E-state index is 14.5. The zero-order valence-electron chi connectivity index (χ0n) is 35.7. The number of carbonyl (C=O) groups is 3. The van der Waals surface area contributed by atoms with Crippen LogP contribution in [0.4, 0.5) is 4.79 Å². The van der Waals surface area contributed by atoms with E-state index in [1.807, 2.05) is 158 Å². The van der Waals surface area contributed by atoms with E-state index in [0.29, 0.717) is 29.2 Å². The molecule has 0 aromatic heterocycles. The molecule has 11 nitrogen and oxygen atoms in total. The Morgan fingerprint density at radius 2 is 0.800 bits per heavy atom. The number of benzene rings is 7. The van der Waals surface area contributed by atoms with E-state index < -0.39 is 30.1 Å². The van der Waals surface area contributed by atoms with Crippen LogP contribution in [0.2, 0.25) is 0 Å². The van der Waals surface area contributed by atoms with Crippen LogP contribution in [-0.2, 0) is 64.9 Å². The number of aromatic hydroxyl groups is 1. The fourth-order valence-corrected chi connectivity index (χ4v) is 6.80. The molecular formula is C54H50N2O9. The molecule has 0 saturated heterocycles. The molecule has 330 valence electrons.